The minimum Gasteiger partial charge on any atom is -0.453 e. The highest BCUT2D eigenvalue weighted by molar-refractivity contribution is 14.0. The van der Waals surface area contributed by atoms with E-state index in [1.807, 2.05) is 30.3 Å². The van der Waals surface area contributed by atoms with Crippen LogP contribution in [0.2, 0.25) is 0 Å². The summed E-state index contributed by atoms with van der Waals surface area (Å²) in [6, 6.07) is 15.9. The highest BCUT2D eigenvalue weighted by Crippen LogP contribution is 2.17. The Hall–Kier alpha value is -2.75. The number of aromatic amines is 1. The van der Waals surface area contributed by atoms with Gasteiger partial charge >= 0.3 is 6.09 Å². The van der Waals surface area contributed by atoms with E-state index in [-0.39, 0.29) is 24.0 Å². The van der Waals surface area contributed by atoms with Gasteiger partial charge in [-0.2, -0.15) is 0 Å². The zero-order valence-corrected chi connectivity index (χ0v) is 18.8. The third kappa shape index (κ3) is 6.38. The number of methoxy groups -OCH3 is 1. The van der Waals surface area contributed by atoms with Crippen LogP contribution in [0.5, 0.6) is 0 Å². The Morgan fingerprint density at radius 1 is 1.10 bits per heavy atom. The summed E-state index contributed by atoms with van der Waals surface area (Å²) >= 11 is 0. The number of hydrogen-bond donors (Lipinski definition) is 4. The number of H-pyrrole nitrogens is 1. The smallest absolute Gasteiger partial charge is 0.411 e. The Balaban J connectivity index is 0.00000300. The number of nitrogens with zero attached hydrogens (tertiary/aromatic N) is 1. The molecule has 0 bridgehead atoms. The Kier molecular flexibility index (Phi) is 8.78. The standard InChI is InChI=1S/C21H25N5O2.HI/c1-22-20(23-12-11-16-14-24-19-6-4-3-5-18(16)19)25-13-15-7-9-17(10-8-15)26-21(27)28-2;/h3-10,14,24H,11-13H2,1-2H3,(H,26,27)(H2,22,23,25);1H. The number of nitrogens with one attached hydrogen (secondary N) is 4. The molecule has 1 heterocycles. The van der Waals surface area contributed by atoms with Gasteiger partial charge in [0.25, 0.3) is 0 Å². The molecule has 29 heavy (non-hydrogen) atoms. The molecule has 0 radical (unpaired) electrons. The quantitative estimate of drug-likeness (QED) is 0.232. The van der Waals surface area contributed by atoms with Crippen LogP contribution in [0.1, 0.15) is 11.1 Å². The Bertz CT molecular complexity index is 953. The number of halogens is 1. The molecule has 4 N–H and O–H groups in total. The van der Waals surface area contributed by atoms with Crippen molar-refractivity contribution in [2.24, 2.45) is 4.99 Å². The van der Waals surface area contributed by atoms with Crippen LogP contribution in [0, 0.1) is 0 Å². The van der Waals surface area contributed by atoms with E-state index < -0.39 is 6.09 Å². The van der Waals surface area contributed by atoms with Crippen molar-refractivity contribution in [2.75, 3.05) is 26.0 Å². The Morgan fingerprint density at radius 2 is 1.86 bits per heavy atom. The average molecular weight is 507 g/mol. The van der Waals surface area contributed by atoms with E-state index in [2.05, 4.69) is 55.1 Å². The van der Waals surface area contributed by atoms with Gasteiger partial charge in [-0.05, 0) is 35.7 Å². The van der Waals surface area contributed by atoms with Gasteiger partial charge in [0.1, 0.15) is 0 Å². The van der Waals surface area contributed by atoms with Crippen molar-refractivity contribution >= 4 is 52.6 Å². The van der Waals surface area contributed by atoms with E-state index >= 15 is 0 Å². The number of carbonyl (C=O) groups is 1. The molecule has 3 aromatic rings. The van der Waals surface area contributed by atoms with Crippen LogP contribution in [0.15, 0.2) is 59.7 Å². The zero-order valence-electron chi connectivity index (χ0n) is 16.5. The largest absolute Gasteiger partial charge is 0.453 e. The second-order valence-corrected chi connectivity index (χ2v) is 6.28. The molecule has 0 aliphatic heterocycles. The van der Waals surface area contributed by atoms with Gasteiger partial charge in [0.2, 0.25) is 0 Å². The van der Waals surface area contributed by atoms with Crippen molar-refractivity contribution in [3.05, 3.63) is 65.9 Å². The van der Waals surface area contributed by atoms with Crippen LogP contribution in [-0.4, -0.2) is 37.7 Å². The maximum atomic E-state index is 11.2. The highest BCUT2D eigenvalue weighted by atomic mass is 127. The fourth-order valence-electron chi connectivity index (χ4n) is 2.94. The Morgan fingerprint density at radius 3 is 2.59 bits per heavy atom. The number of rotatable bonds is 6. The molecule has 0 saturated heterocycles. The topological polar surface area (TPSA) is 90.5 Å². The van der Waals surface area contributed by atoms with E-state index in [0.29, 0.717) is 12.2 Å². The lowest BCUT2D eigenvalue weighted by molar-refractivity contribution is 0.187. The van der Waals surface area contributed by atoms with E-state index in [1.54, 1.807) is 7.05 Å². The van der Waals surface area contributed by atoms with Gasteiger partial charge in [0, 0.05) is 42.9 Å². The number of guanidine groups is 1. The van der Waals surface area contributed by atoms with Crippen molar-refractivity contribution in [1.29, 1.82) is 0 Å². The molecule has 1 aromatic heterocycles. The molecule has 154 valence electrons. The first-order valence-corrected chi connectivity index (χ1v) is 9.13. The maximum Gasteiger partial charge on any atom is 0.411 e. The summed E-state index contributed by atoms with van der Waals surface area (Å²) in [5, 5.41) is 10.5. The molecule has 8 heteroatoms. The van der Waals surface area contributed by atoms with Crippen LogP contribution in [0.25, 0.3) is 10.9 Å². The predicted octanol–water partition coefficient (Wildman–Crippen LogP) is 3.87. The maximum absolute atomic E-state index is 11.2. The van der Waals surface area contributed by atoms with Gasteiger partial charge in [-0.15, -0.1) is 24.0 Å². The summed E-state index contributed by atoms with van der Waals surface area (Å²) in [4.78, 5) is 18.8. The lowest BCUT2D eigenvalue weighted by atomic mass is 10.1. The summed E-state index contributed by atoms with van der Waals surface area (Å²) in [5.41, 5.74) is 4.21. The fraction of sp³-hybridized carbons (Fsp3) is 0.238. The van der Waals surface area contributed by atoms with Gasteiger partial charge in [-0.1, -0.05) is 30.3 Å². The van der Waals surface area contributed by atoms with Crippen molar-refractivity contribution in [3.63, 3.8) is 0 Å². The first-order chi connectivity index (χ1) is 13.7. The van der Waals surface area contributed by atoms with Gasteiger partial charge in [0.05, 0.1) is 7.11 Å². The van der Waals surface area contributed by atoms with Crippen LogP contribution in [0.3, 0.4) is 0 Å². The first kappa shape index (κ1) is 22.5. The van der Waals surface area contributed by atoms with E-state index in [0.717, 1.165) is 30.0 Å². The van der Waals surface area contributed by atoms with Crippen molar-refractivity contribution in [2.45, 2.75) is 13.0 Å². The molecule has 3 rings (SSSR count). The summed E-state index contributed by atoms with van der Waals surface area (Å²) < 4.78 is 4.58. The second-order valence-electron chi connectivity index (χ2n) is 6.28. The lowest BCUT2D eigenvalue weighted by Gasteiger charge is -2.12. The minimum atomic E-state index is -0.481. The molecule has 7 nitrogen and oxygen atoms in total. The third-order valence-electron chi connectivity index (χ3n) is 4.43. The highest BCUT2D eigenvalue weighted by Gasteiger charge is 2.04. The zero-order chi connectivity index (χ0) is 19.8. The van der Waals surface area contributed by atoms with Gasteiger partial charge in [0.15, 0.2) is 5.96 Å². The summed E-state index contributed by atoms with van der Waals surface area (Å²) in [6.07, 6.45) is 2.48. The summed E-state index contributed by atoms with van der Waals surface area (Å²) in [7, 11) is 3.09. The normalized spacial score (nSPS) is 10.9. The van der Waals surface area contributed by atoms with Crippen molar-refractivity contribution in [3.8, 4) is 0 Å². The molecule has 0 unspecified atom stereocenters. The second kappa shape index (κ2) is 11.3. The molecular weight excluding hydrogens is 481 g/mol. The number of aromatic nitrogens is 1. The molecule has 0 spiro atoms. The fourth-order valence-corrected chi connectivity index (χ4v) is 2.94. The van der Waals surface area contributed by atoms with Gasteiger partial charge in [-0.3, -0.25) is 10.3 Å². The molecule has 0 aliphatic rings. The van der Waals surface area contributed by atoms with Crippen LogP contribution in [0.4, 0.5) is 10.5 Å². The van der Waals surface area contributed by atoms with Crippen LogP contribution >= 0.6 is 24.0 Å². The number of ether oxygens (including phenoxy) is 1. The molecule has 0 atom stereocenters. The lowest BCUT2D eigenvalue weighted by Crippen LogP contribution is -2.37. The Labute approximate surface area is 187 Å². The number of aliphatic imine (C=N–C) groups is 1. The SMILES string of the molecule is CN=C(NCCc1c[nH]c2ccccc12)NCc1ccc(NC(=O)OC)cc1.I. The van der Waals surface area contributed by atoms with Crippen molar-refractivity contribution in [1.82, 2.24) is 15.6 Å². The summed E-state index contributed by atoms with van der Waals surface area (Å²) in [5.74, 6) is 0.747. The molecule has 2 aromatic carbocycles. The molecule has 0 saturated carbocycles. The van der Waals surface area contributed by atoms with Crippen molar-refractivity contribution < 1.29 is 9.53 Å². The number of para-hydroxylation sites is 1. The predicted molar refractivity (Wildman–Crippen MR) is 128 cm³/mol. The number of amides is 1. The molecule has 0 fully saturated rings. The van der Waals surface area contributed by atoms with Gasteiger partial charge < -0.3 is 20.4 Å². The third-order valence-corrected chi connectivity index (χ3v) is 4.43. The van der Waals surface area contributed by atoms with E-state index in [9.17, 15) is 4.79 Å². The number of hydrogen-bond acceptors (Lipinski definition) is 3. The van der Waals surface area contributed by atoms with Gasteiger partial charge in [-0.25, -0.2) is 4.79 Å². The van der Waals surface area contributed by atoms with E-state index in [4.69, 9.17) is 0 Å². The molecular formula is C21H26IN5O2. The number of carbonyl (C=O) groups excluding carboxylic acids is 1. The van der Waals surface area contributed by atoms with Crippen LogP contribution in [-0.2, 0) is 17.7 Å². The number of fused-ring (bicyclic) bond motifs is 1. The first-order valence-electron chi connectivity index (χ1n) is 9.13. The average Bonchev–Trinajstić information content (AvgIpc) is 3.14. The number of benzene rings is 2. The monoisotopic (exact) mass is 507 g/mol. The molecule has 0 aliphatic carbocycles. The summed E-state index contributed by atoms with van der Waals surface area (Å²) in [6.45, 7) is 1.41. The number of anilines is 1. The molecule has 1 amide bonds. The minimum absolute atomic E-state index is 0. The van der Waals surface area contributed by atoms with Crippen LogP contribution < -0.4 is 16.0 Å². The van der Waals surface area contributed by atoms with E-state index in [1.165, 1.54) is 18.1 Å².